The molecular formula is C22H24ClN3O2. The van der Waals surface area contributed by atoms with E-state index >= 15 is 0 Å². The Kier molecular flexibility index (Phi) is 5.47. The van der Waals surface area contributed by atoms with Gasteiger partial charge in [0.1, 0.15) is 5.75 Å². The number of allylic oxidation sites excluding steroid dienone is 1. The Balaban J connectivity index is 1.88. The number of benzene rings is 2. The van der Waals surface area contributed by atoms with Gasteiger partial charge in [0.15, 0.2) is 0 Å². The van der Waals surface area contributed by atoms with Crippen LogP contribution in [0.5, 0.6) is 5.75 Å². The van der Waals surface area contributed by atoms with E-state index in [1.807, 2.05) is 12.1 Å². The van der Waals surface area contributed by atoms with Crippen molar-refractivity contribution >= 4 is 35.0 Å². The van der Waals surface area contributed by atoms with Crippen LogP contribution in [-0.2, 0) is 0 Å². The van der Waals surface area contributed by atoms with Crippen LogP contribution in [0, 0.1) is 0 Å². The summed E-state index contributed by atoms with van der Waals surface area (Å²) < 4.78 is 5.55. The Morgan fingerprint density at radius 3 is 2.71 bits per heavy atom. The van der Waals surface area contributed by atoms with E-state index in [1.54, 1.807) is 37.6 Å². The molecule has 0 aliphatic carbocycles. The lowest BCUT2D eigenvalue weighted by Crippen LogP contribution is -2.42. The molecule has 1 aliphatic rings. The monoisotopic (exact) mass is 397 g/mol. The van der Waals surface area contributed by atoms with Crippen LogP contribution in [0.4, 0.5) is 5.69 Å². The van der Waals surface area contributed by atoms with E-state index < -0.39 is 0 Å². The number of fused-ring (bicyclic) bond motifs is 1. The first kappa shape index (κ1) is 20.0. The predicted octanol–water partition coefficient (Wildman–Crippen LogP) is 4.74. The minimum Gasteiger partial charge on any atom is -0.496 e. The number of carbonyl (C=O) groups excluding carboxylic acids is 1. The maximum absolute atomic E-state index is 12.2. The van der Waals surface area contributed by atoms with E-state index in [4.69, 9.17) is 16.3 Å². The second kappa shape index (κ2) is 7.68. The minimum atomic E-state index is -0.326. The quantitative estimate of drug-likeness (QED) is 0.598. The molecule has 0 radical (unpaired) electrons. The maximum atomic E-state index is 12.2. The number of nitrogens with one attached hydrogen (secondary N) is 1. The van der Waals surface area contributed by atoms with Crippen LogP contribution in [-0.4, -0.2) is 31.8 Å². The Hall–Kier alpha value is -2.79. The highest BCUT2D eigenvalue weighted by Gasteiger charge is 2.29. The Morgan fingerprint density at radius 2 is 2.04 bits per heavy atom. The van der Waals surface area contributed by atoms with Gasteiger partial charge in [0.05, 0.1) is 18.9 Å². The number of methoxy groups -OCH3 is 1. The molecule has 0 unspecified atom stereocenters. The number of hydrogen-bond donors (Lipinski definition) is 1. The van der Waals surface area contributed by atoms with Gasteiger partial charge in [0.25, 0.3) is 5.91 Å². The van der Waals surface area contributed by atoms with E-state index in [2.05, 4.69) is 49.3 Å². The van der Waals surface area contributed by atoms with Crippen molar-refractivity contribution in [3.8, 4) is 5.75 Å². The number of likely N-dealkylation sites (N-methyl/N-ethyl adjacent to an activating group) is 1. The molecule has 0 spiro atoms. The van der Waals surface area contributed by atoms with Gasteiger partial charge in [-0.05, 0) is 50.6 Å². The highest BCUT2D eigenvalue weighted by Crippen LogP contribution is 2.40. The summed E-state index contributed by atoms with van der Waals surface area (Å²) in [4.78, 5) is 14.4. The van der Waals surface area contributed by atoms with Gasteiger partial charge in [-0.2, -0.15) is 5.10 Å². The number of ether oxygens (including phenoxy) is 1. The van der Waals surface area contributed by atoms with Gasteiger partial charge in [0.2, 0.25) is 0 Å². The molecule has 0 atom stereocenters. The summed E-state index contributed by atoms with van der Waals surface area (Å²) in [6.45, 7) is 6.45. The van der Waals surface area contributed by atoms with Crippen molar-refractivity contribution in [1.82, 2.24) is 5.43 Å². The number of carbonyl (C=O) groups is 1. The van der Waals surface area contributed by atoms with Crippen molar-refractivity contribution in [3.05, 3.63) is 64.2 Å². The number of hydrazone groups is 1. The van der Waals surface area contributed by atoms with Crippen molar-refractivity contribution in [2.45, 2.75) is 26.3 Å². The number of hydrogen-bond acceptors (Lipinski definition) is 4. The highest BCUT2D eigenvalue weighted by atomic mass is 35.5. The number of amides is 1. The van der Waals surface area contributed by atoms with Crippen molar-refractivity contribution in [1.29, 1.82) is 0 Å². The fraction of sp³-hybridized carbons (Fsp3) is 0.273. The molecule has 28 heavy (non-hydrogen) atoms. The number of nitrogens with zero attached hydrogens (tertiary/aromatic N) is 2. The number of rotatable bonds is 4. The van der Waals surface area contributed by atoms with Crippen molar-refractivity contribution in [3.63, 3.8) is 0 Å². The van der Waals surface area contributed by atoms with Crippen LogP contribution >= 0.6 is 11.6 Å². The summed E-state index contributed by atoms with van der Waals surface area (Å²) in [6.07, 6.45) is 3.83. The van der Waals surface area contributed by atoms with Crippen LogP contribution in [0.1, 0.15) is 42.3 Å². The van der Waals surface area contributed by atoms with Crippen LogP contribution in [0.3, 0.4) is 0 Å². The van der Waals surface area contributed by atoms with E-state index in [-0.39, 0.29) is 11.4 Å². The molecule has 0 saturated carbocycles. The zero-order valence-corrected chi connectivity index (χ0v) is 17.5. The molecule has 146 valence electrons. The molecule has 6 heteroatoms. The topological polar surface area (TPSA) is 53.9 Å². The Bertz CT molecular complexity index is 980. The largest absolute Gasteiger partial charge is 0.496 e. The first-order valence-electron chi connectivity index (χ1n) is 8.97. The third-order valence-corrected chi connectivity index (χ3v) is 5.26. The summed E-state index contributed by atoms with van der Waals surface area (Å²) in [5, 5.41) is 4.60. The first-order chi connectivity index (χ1) is 13.2. The lowest BCUT2D eigenvalue weighted by molar-refractivity contribution is 0.0955. The summed E-state index contributed by atoms with van der Waals surface area (Å²) in [5.41, 5.74) is 7.09. The van der Waals surface area contributed by atoms with Gasteiger partial charge in [-0.25, -0.2) is 5.43 Å². The third kappa shape index (κ3) is 3.90. The fourth-order valence-corrected chi connectivity index (χ4v) is 3.52. The Labute approximate surface area is 170 Å². The van der Waals surface area contributed by atoms with Crippen LogP contribution in [0.2, 0.25) is 5.02 Å². The molecule has 2 aromatic rings. The molecule has 0 bridgehead atoms. The van der Waals surface area contributed by atoms with Gasteiger partial charge >= 0.3 is 0 Å². The first-order valence-corrected chi connectivity index (χ1v) is 9.35. The molecular weight excluding hydrogens is 374 g/mol. The second-order valence-electron chi connectivity index (χ2n) is 7.36. The average molecular weight is 398 g/mol. The minimum absolute atomic E-state index is 0.0807. The van der Waals surface area contributed by atoms with Crippen molar-refractivity contribution in [2.24, 2.45) is 5.10 Å². The molecule has 5 nitrogen and oxygen atoms in total. The summed E-state index contributed by atoms with van der Waals surface area (Å²) >= 11 is 5.93. The van der Waals surface area contributed by atoms with E-state index in [0.29, 0.717) is 16.3 Å². The fourth-order valence-electron chi connectivity index (χ4n) is 3.33. The summed E-state index contributed by atoms with van der Waals surface area (Å²) in [5.74, 6) is 0.366. The van der Waals surface area contributed by atoms with Gasteiger partial charge < -0.3 is 9.64 Å². The second-order valence-corrected chi connectivity index (χ2v) is 7.80. The van der Waals surface area contributed by atoms with Gasteiger partial charge in [-0.1, -0.05) is 23.7 Å². The molecule has 1 heterocycles. The zero-order valence-electron chi connectivity index (χ0n) is 16.7. The van der Waals surface area contributed by atoms with Crippen molar-refractivity contribution in [2.75, 3.05) is 19.1 Å². The van der Waals surface area contributed by atoms with Crippen molar-refractivity contribution < 1.29 is 9.53 Å². The van der Waals surface area contributed by atoms with E-state index in [0.717, 1.165) is 16.8 Å². The van der Waals surface area contributed by atoms with Gasteiger partial charge in [0, 0.05) is 40.5 Å². The molecule has 0 fully saturated rings. The van der Waals surface area contributed by atoms with Crippen LogP contribution in [0.25, 0.3) is 5.57 Å². The van der Waals surface area contributed by atoms with Crippen LogP contribution < -0.4 is 15.1 Å². The van der Waals surface area contributed by atoms with E-state index in [1.165, 1.54) is 5.57 Å². The SMILES string of the molecule is COc1cc2c(cc1/C=N\NC(=O)c1cccc(Cl)c1)C(C)=CC(C)(C)N2C. The third-order valence-electron chi connectivity index (χ3n) is 5.02. The highest BCUT2D eigenvalue weighted by molar-refractivity contribution is 6.30. The lowest BCUT2D eigenvalue weighted by Gasteiger charge is -2.40. The van der Waals surface area contributed by atoms with E-state index in [9.17, 15) is 4.79 Å². The molecule has 1 N–H and O–H groups in total. The maximum Gasteiger partial charge on any atom is 0.271 e. The molecule has 0 saturated heterocycles. The summed E-state index contributed by atoms with van der Waals surface area (Å²) in [6, 6.07) is 10.8. The normalized spacial score (nSPS) is 15.2. The van der Waals surface area contributed by atoms with Gasteiger partial charge in [-0.15, -0.1) is 0 Å². The predicted molar refractivity (Wildman–Crippen MR) is 116 cm³/mol. The molecule has 3 rings (SSSR count). The van der Waals surface area contributed by atoms with Gasteiger partial charge in [-0.3, -0.25) is 4.79 Å². The Morgan fingerprint density at radius 1 is 1.29 bits per heavy atom. The average Bonchev–Trinajstić information content (AvgIpc) is 2.65. The lowest BCUT2D eigenvalue weighted by atomic mass is 9.88. The molecule has 2 aromatic carbocycles. The van der Waals surface area contributed by atoms with Crippen LogP contribution in [0.15, 0.2) is 47.6 Å². The summed E-state index contributed by atoms with van der Waals surface area (Å²) in [7, 11) is 3.69. The smallest absolute Gasteiger partial charge is 0.271 e. The molecule has 1 aliphatic heterocycles. The zero-order chi connectivity index (χ0) is 20.5. The standard InChI is InChI=1S/C22H24ClN3O2/c1-14-12-22(2,3)26(4)19-11-20(28-5)16(10-18(14)19)13-24-25-21(27)15-7-6-8-17(23)9-15/h6-13H,1-5H3,(H,25,27)/b24-13-. The number of halogens is 1. The number of anilines is 1. The molecule has 1 amide bonds. The molecule has 0 aromatic heterocycles.